The zero-order valence-corrected chi connectivity index (χ0v) is 17.3. The van der Waals surface area contributed by atoms with Gasteiger partial charge in [-0.15, -0.1) is 11.8 Å². The smallest absolute Gasteiger partial charge is 0.352 e. The van der Waals surface area contributed by atoms with E-state index < -0.39 is 35.2 Å². The summed E-state index contributed by atoms with van der Waals surface area (Å²) in [6, 6.07) is 6.15. The summed E-state index contributed by atoms with van der Waals surface area (Å²) in [5.74, 6) is -2.53. The number of β-lactam (4-membered cyclic amide) rings is 1. The summed E-state index contributed by atoms with van der Waals surface area (Å²) in [5.41, 5.74) is 9.99. The van der Waals surface area contributed by atoms with Gasteiger partial charge < -0.3 is 15.2 Å². The Hall–Kier alpha value is -3.50. The van der Waals surface area contributed by atoms with Crippen LogP contribution in [0.15, 0.2) is 40.6 Å². The van der Waals surface area contributed by atoms with Crippen molar-refractivity contribution in [1.29, 1.82) is 0 Å². The molecule has 2 aliphatic heterocycles. The van der Waals surface area contributed by atoms with Gasteiger partial charge in [-0.1, -0.05) is 29.4 Å². The van der Waals surface area contributed by atoms with Crippen LogP contribution in [-0.4, -0.2) is 57.5 Å². The Kier molecular flexibility index (Phi) is 6.83. The maximum Gasteiger partial charge on any atom is 0.352 e. The summed E-state index contributed by atoms with van der Waals surface area (Å²) in [4.78, 5) is 51.8. The second-order valence-corrected chi connectivity index (χ2v) is 7.93. The first-order valence-electron chi connectivity index (χ1n) is 9.23. The van der Waals surface area contributed by atoms with Gasteiger partial charge in [0.15, 0.2) is 0 Å². The van der Waals surface area contributed by atoms with Crippen molar-refractivity contribution in [3.05, 3.63) is 57.1 Å². The molecule has 0 radical (unpaired) electrons. The average molecular weight is 445 g/mol. The minimum Gasteiger partial charge on any atom is -0.477 e. The van der Waals surface area contributed by atoms with Crippen molar-refractivity contribution in [2.24, 2.45) is 5.11 Å². The lowest BCUT2D eigenvalue weighted by atomic mass is 10.0. The van der Waals surface area contributed by atoms with Crippen molar-refractivity contribution in [2.75, 3.05) is 12.4 Å². The van der Waals surface area contributed by atoms with Crippen molar-refractivity contribution >= 4 is 35.5 Å². The monoisotopic (exact) mass is 445 g/mol. The summed E-state index contributed by atoms with van der Waals surface area (Å²) in [6.07, 6.45) is -0.0163. The van der Waals surface area contributed by atoms with Gasteiger partial charge in [-0.3, -0.25) is 19.3 Å². The van der Waals surface area contributed by atoms with E-state index in [-0.39, 0.29) is 31.0 Å². The number of thioether (sulfide) groups is 1. The molecule has 1 unspecified atom stereocenters. The third-order valence-electron chi connectivity index (χ3n) is 4.79. The number of ether oxygens (including phenoxy) is 1. The first-order valence-corrected chi connectivity index (χ1v) is 10.3. The fourth-order valence-electron chi connectivity index (χ4n) is 3.37. The Morgan fingerprint density at radius 2 is 2.06 bits per heavy atom. The van der Waals surface area contributed by atoms with Crippen LogP contribution in [-0.2, 0) is 36.9 Å². The van der Waals surface area contributed by atoms with Crippen LogP contribution in [0.25, 0.3) is 10.4 Å². The number of carboxylic acids is 1. The topological polar surface area (TPSA) is 162 Å². The van der Waals surface area contributed by atoms with Gasteiger partial charge in [0.05, 0.1) is 13.0 Å². The molecule has 162 valence electrons. The van der Waals surface area contributed by atoms with Crippen molar-refractivity contribution in [1.82, 2.24) is 10.2 Å². The molecular weight excluding hydrogens is 426 g/mol. The molecule has 11 nitrogen and oxygen atoms in total. The Labute approximate surface area is 181 Å². The number of carboxylic acid groups (broad SMARTS) is 1. The number of carbonyl (C=O) groups excluding carboxylic acids is 3. The van der Waals surface area contributed by atoms with Gasteiger partial charge in [0.25, 0.3) is 5.91 Å². The largest absolute Gasteiger partial charge is 0.477 e. The molecule has 12 heteroatoms. The second-order valence-electron chi connectivity index (χ2n) is 6.83. The van der Waals surface area contributed by atoms with E-state index >= 15 is 0 Å². The Bertz CT molecular complexity index is 1020. The number of hydrogen-bond acceptors (Lipinski definition) is 7. The fraction of sp³-hybridized carbons (Fsp3) is 0.368. The molecular formula is C19H19N5O6S. The third-order valence-corrected chi connectivity index (χ3v) is 6.13. The van der Waals surface area contributed by atoms with Gasteiger partial charge in [0.1, 0.15) is 23.7 Å². The number of nitrogens with one attached hydrogen (secondary N) is 1. The molecule has 1 fully saturated rings. The van der Waals surface area contributed by atoms with Crippen LogP contribution in [0.5, 0.6) is 0 Å². The quantitative estimate of drug-likeness (QED) is 0.200. The van der Waals surface area contributed by atoms with Gasteiger partial charge in [-0.25, -0.2) is 4.79 Å². The van der Waals surface area contributed by atoms with Crippen LogP contribution in [0.2, 0.25) is 0 Å². The molecule has 1 saturated heterocycles. The number of hydrogen-bond donors (Lipinski definition) is 2. The zero-order chi connectivity index (χ0) is 22.5. The van der Waals surface area contributed by atoms with Crippen LogP contribution >= 0.6 is 11.8 Å². The van der Waals surface area contributed by atoms with Gasteiger partial charge >= 0.3 is 11.9 Å². The molecule has 1 aromatic rings. The normalized spacial score (nSPS) is 19.6. The van der Waals surface area contributed by atoms with E-state index in [1.54, 1.807) is 24.3 Å². The summed E-state index contributed by atoms with van der Waals surface area (Å²) >= 11 is 1.29. The highest BCUT2D eigenvalue weighted by Crippen LogP contribution is 2.40. The first-order chi connectivity index (χ1) is 14.8. The predicted octanol–water partition coefficient (Wildman–Crippen LogP) is 1.34. The van der Waals surface area contributed by atoms with Crippen molar-refractivity contribution in [3.63, 3.8) is 0 Å². The van der Waals surface area contributed by atoms with E-state index in [1.165, 1.54) is 18.7 Å². The SMILES string of the molecule is CC(=O)OCC1=C(C(=O)O)N2C(=O)C(NC(=O)Cc3ccccc3CN=[N+]=[N-])[C@H]2SC1. The lowest BCUT2D eigenvalue weighted by Crippen LogP contribution is -2.70. The molecule has 2 N–H and O–H groups in total. The second kappa shape index (κ2) is 9.54. The molecule has 2 atom stereocenters. The number of nitrogens with zero attached hydrogens (tertiary/aromatic N) is 4. The van der Waals surface area contributed by atoms with Gasteiger partial charge in [0.2, 0.25) is 5.91 Å². The predicted molar refractivity (Wildman–Crippen MR) is 109 cm³/mol. The fourth-order valence-corrected chi connectivity index (χ4v) is 4.70. The molecule has 0 saturated carbocycles. The molecule has 31 heavy (non-hydrogen) atoms. The van der Waals surface area contributed by atoms with E-state index in [0.717, 1.165) is 4.90 Å². The standard InChI is InChI=1S/C19H19N5O6S/c1-10(25)30-8-13-9-31-18-15(17(27)24(18)16(13)19(28)29)22-14(26)6-11-4-2-3-5-12(11)7-21-23-20/h2-5,15,18H,6-9H2,1H3,(H,22,26)(H,28,29)/t15?,18-/m1/s1. The van der Waals surface area contributed by atoms with E-state index in [4.69, 9.17) is 10.3 Å². The van der Waals surface area contributed by atoms with Crippen molar-refractivity contribution in [2.45, 2.75) is 31.3 Å². The minimum atomic E-state index is -1.29. The lowest BCUT2D eigenvalue weighted by molar-refractivity contribution is -0.151. The first kappa shape index (κ1) is 22.2. The summed E-state index contributed by atoms with van der Waals surface area (Å²) in [7, 11) is 0. The molecule has 0 bridgehead atoms. The number of amides is 2. The summed E-state index contributed by atoms with van der Waals surface area (Å²) in [6.45, 7) is 1.11. The van der Waals surface area contributed by atoms with Crippen LogP contribution in [0, 0.1) is 0 Å². The van der Waals surface area contributed by atoms with Gasteiger partial charge in [-0.2, -0.15) is 0 Å². The highest BCUT2D eigenvalue weighted by atomic mass is 32.2. The molecule has 2 aliphatic rings. The number of rotatable bonds is 8. The van der Waals surface area contributed by atoms with Gasteiger partial charge in [-0.05, 0) is 16.7 Å². The molecule has 3 rings (SSSR count). The number of carbonyl (C=O) groups is 4. The number of azide groups is 1. The van der Waals surface area contributed by atoms with Crippen LogP contribution in [0.1, 0.15) is 18.1 Å². The molecule has 0 aromatic heterocycles. The highest BCUT2D eigenvalue weighted by molar-refractivity contribution is 8.00. The highest BCUT2D eigenvalue weighted by Gasteiger charge is 2.54. The molecule has 2 amide bonds. The van der Waals surface area contributed by atoms with E-state index in [9.17, 15) is 24.3 Å². The number of aliphatic carboxylic acids is 1. The van der Waals surface area contributed by atoms with Crippen LogP contribution < -0.4 is 5.32 Å². The molecule has 1 aromatic carbocycles. The molecule has 0 aliphatic carbocycles. The van der Waals surface area contributed by atoms with Crippen molar-refractivity contribution in [3.8, 4) is 0 Å². The Balaban J connectivity index is 1.69. The maximum atomic E-state index is 12.6. The summed E-state index contributed by atoms with van der Waals surface area (Å²) in [5, 5.41) is 15.2. The van der Waals surface area contributed by atoms with E-state index in [2.05, 4.69) is 15.3 Å². The minimum absolute atomic E-state index is 0.0163. The Morgan fingerprint density at radius 3 is 2.71 bits per heavy atom. The zero-order valence-electron chi connectivity index (χ0n) is 16.5. The lowest BCUT2D eigenvalue weighted by Gasteiger charge is -2.49. The van der Waals surface area contributed by atoms with Gasteiger partial charge in [0, 0.05) is 23.2 Å². The van der Waals surface area contributed by atoms with E-state index in [0.29, 0.717) is 16.7 Å². The van der Waals surface area contributed by atoms with E-state index in [1.807, 2.05) is 0 Å². The number of esters is 1. The number of benzene rings is 1. The van der Waals surface area contributed by atoms with Crippen LogP contribution in [0.3, 0.4) is 0 Å². The molecule has 2 heterocycles. The van der Waals surface area contributed by atoms with Crippen molar-refractivity contribution < 1.29 is 29.0 Å². The average Bonchev–Trinajstić information content (AvgIpc) is 2.74. The third kappa shape index (κ3) is 4.81. The molecule has 0 spiro atoms. The Morgan fingerprint density at radius 1 is 1.35 bits per heavy atom. The van der Waals surface area contributed by atoms with Crippen LogP contribution in [0.4, 0.5) is 0 Å². The maximum absolute atomic E-state index is 12.6. The summed E-state index contributed by atoms with van der Waals surface area (Å²) < 4.78 is 4.89. The number of fused-ring (bicyclic) bond motifs is 1.